The Labute approximate surface area is 435 Å². The normalized spacial score (nSPS) is 15.7. The molecule has 2 aliphatic rings. The van der Waals surface area contributed by atoms with Gasteiger partial charge in [-0.1, -0.05) is 87.1 Å². The van der Waals surface area contributed by atoms with Crippen LogP contribution < -0.4 is 15.4 Å². The second-order valence-electron chi connectivity index (χ2n) is 18.2. The van der Waals surface area contributed by atoms with E-state index in [0.717, 1.165) is 42.1 Å². The summed E-state index contributed by atoms with van der Waals surface area (Å²) in [6.45, 7) is 11.4. The van der Waals surface area contributed by atoms with Crippen LogP contribution in [-0.4, -0.2) is 103 Å². The second-order valence-corrected chi connectivity index (χ2v) is 24.4. The van der Waals surface area contributed by atoms with Gasteiger partial charge in [0.25, 0.3) is 36.2 Å². The molecule has 2 aromatic heterocycles. The number of hydrogen-bond donors (Lipinski definition) is 4. The summed E-state index contributed by atoms with van der Waals surface area (Å²) in [4.78, 5) is 32.7. The second kappa shape index (κ2) is 23.0. The Bertz CT molecular complexity index is 3570. The lowest BCUT2D eigenvalue weighted by atomic mass is 9.81. The van der Waals surface area contributed by atoms with Gasteiger partial charge >= 0.3 is 10.6 Å². The van der Waals surface area contributed by atoms with Crippen molar-refractivity contribution in [3.63, 3.8) is 0 Å². The summed E-state index contributed by atoms with van der Waals surface area (Å²) in [5.74, 6) is -1.20. The first kappa shape index (κ1) is 56.8. The molecule has 0 radical (unpaired) electrons. The van der Waals surface area contributed by atoms with Gasteiger partial charge in [-0.2, -0.15) is 21.4 Å². The maximum Gasteiger partial charge on any atom is 0.425 e. The molecule has 0 saturated heterocycles. The molecule has 74 heavy (non-hydrogen) atoms. The number of benzene rings is 3. The first-order chi connectivity index (χ1) is 34.6. The average Bonchev–Trinajstić information content (AvgIpc) is 3.95. The van der Waals surface area contributed by atoms with Crippen LogP contribution in [0.3, 0.4) is 0 Å². The van der Waals surface area contributed by atoms with Gasteiger partial charge < -0.3 is 10.2 Å². The molecule has 392 valence electrons. The minimum atomic E-state index is -4.55. The average molecular weight is 1110 g/mol. The molecule has 0 bridgehead atoms. The Morgan fingerprint density at radius 1 is 0.865 bits per heavy atom. The summed E-state index contributed by atoms with van der Waals surface area (Å²) >= 11 is 0.728. The number of nitrogens with one attached hydrogen (secondary N) is 1. The highest BCUT2D eigenvalue weighted by atomic mass is 32.2. The molecule has 20 nitrogen and oxygen atoms in total. The van der Waals surface area contributed by atoms with Crippen LogP contribution in [-0.2, 0) is 64.7 Å². The summed E-state index contributed by atoms with van der Waals surface area (Å²) in [5.41, 5.74) is 6.61. The van der Waals surface area contributed by atoms with Gasteiger partial charge in [-0.15, -0.1) is 22.8 Å². The molecule has 0 aliphatic carbocycles. The highest BCUT2D eigenvalue weighted by Gasteiger charge is 2.44. The van der Waals surface area contributed by atoms with Crippen LogP contribution in [0, 0.1) is 0 Å². The molecule has 7 rings (SSSR count). The van der Waals surface area contributed by atoms with Gasteiger partial charge in [-0.25, -0.2) is 13.6 Å². The first-order valence-electron chi connectivity index (χ1n) is 22.8. The molecule has 0 fully saturated rings. The number of anilines is 1. The number of rotatable bonds is 19. The Morgan fingerprint density at radius 2 is 1.54 bits per heavy atom. The Morgan fingerprint density at radius 3 is 2.15 bits per heavy atom. The van der Waals surface area contributed by atoms with Gasteiger partial charge in [0, 0.05) is 71.3 Å². The summed E-state index contributed by atoms with van der Waals surface area (Å²) in [7, 11) is -16.0. The largest absolute Gasteiger partial charge is 0.425 e. The van der Waals surface area contributed by atoms with Crippen LogP contribution in [0.2, 0.25) is 0 Å². The monoisotopic (exact) mass is 1110 g/mol. The number of pyridine rings is 1. The third kappa shape index (κ3) is 13.8. The number of unbranched alkanes of at least 4 members (excludes halogenated alkanes) is 1. The molecule has 4 heterocycles. The summed E-state index contributed by atoms with van der Waals surface area (Å²) < 4.78 is 118. The van der Waals surface area contributed by atoms with E-state index >= 15 is 0 Å². The van der Waals surface area contributed by atoms with Crippen LogP contribution in [0.1, 0.15) is 102 Å². The summed E-state index contributed by atoms with van der Waals surface area (Å²) in [6, 6.07) is 22.6. The van der Waals surface area contributed by atoms with Gasteiger partial charge in [-0.05, 0) is 73.9 Å². The standard InChI is InChI=1S/C49H53N7O10S4.O3S/c1-6-7-25-55-40-12-9-8-11-37(40)48(2,3)43(55)23-18-33(19-24-44-49(4,5)38-28-36(70(64,65)66)20-22-41(38)56(44)26-10-27-68(59,60)61)39-21-17-35(31-51-39)46(58)52-30-32-13-15-34(16-14-32)42(57)29-45-53-54-47(67-45)69(50,62)63;1-4(2)3/h8-9,11-24,28,31H,6-7,10,25-27,29-30H2,1-5H3,(H4-,50,52,58,59,60,61,62,63,64,65,66);/p+1. The third-order valence-electron chi connectivity index (χ3n) is 12.4. The number of sulfonamides is 1. The molecule has 5 N–H and O–H groups in total. The lowest BCUT2D eigenvalue weighted by Gasteiger charge is -2.27. The van der Waals surface area contributed by atoms with Gasteiger partial charge in [0.05, 0.1) is 33.7 Å². The van der Waals surface area contributed by atoms with E-state index in [1.54, 1.807) is 42.5 Å². The Kier molecular flexibility index (Phi) is 17.7. The fourth-order valence-electron chi connectivity index (χ4n) is 8.68. The van der Waals surface area contributed by atoms with E-state index in [0.29, 0.717) is 39.3 Å². The number of allylic oxidation sites excluding steroid dienone is 6. The number of Topliss-reactive ketones (excluding diaryl/α,β-unsaturated/α-hetero) is 1. The number of para-hydroxylation sites is 1. The van der Waals surface area contributed by atoms with Crippen molar-refractivity contribution < 1.29 is 61.2 Å². The van der Waals surface area contributed by atoms with Crippen molar-refractivity contribution >= 4 is 86.6 Å². The van der Waals surface area contributed by atoms with Crippen molar-refractivity contribution in [3.8, 4) is 0 Å². The van der Waals surface area contributed by atoms with Crippen LogP contribution >= 0.6 is 11.3 Å². The maximum absolute atomic E-state index is 13.5. The minimum absolute atomic E-state index is 0.0553. The van der Waals surface area contributed by atoms with Crippen molar-refractivity contribution in [1.29, 1.82) is 0 Å². The molecule has 0 unspecified atom stereocenters. The summed E-state index contributed by atoms with van der Waals surface area (Å²) in [5, 5.41) is 15.5. The zero-order chi connectivity index (χ0) is 54.4. The number of amides is 1. The van der Waals surface area contributed by atoms with E-state index < -0.39 is 57.9 Å². The lowest BCUT2D eigenvalue weighted by Crippen LogP contribution is -2.28. The van der Waals surface area contributed by atoms with E-state index in [1.807, 2.05) is 49.1 Å². The van der Waals surface area contributed by atoms with E-state index in [4.69, 9.17) is 22.7 Å². The molecule has 0 saturated carbocycles. The SMILES string of the molecule is CCCC[N+]1=C(/C=C/C(=C/C=C2/N(CCCS(=O)(=O)O)c3ccc(S(=O)(=O)O)cc3C2(C)C)c2ccc(C(=O)NCc3ccc(C(=O)Cc4nnc(S(N)(=O)=O)s4)cc3)cn2)C(C)(C)c2ccccc21.O=S(=O)=O. The number of carbonyl (C=O) groups excluding carboxylic acids is 2. The molecule has 3 aromatic carbocycles. The number of fused-ring (bicyclic) bond motifs is 2. The number of carbonyl (C=O) groups is 2. The van der Waals surface area contributed by atoms with Crippen molar-refractivity contribution in [2.24, 2.45) is 5.14 Å². The van der Waals surface area contributed by atoms with E-state index in [-0.39, 0.29) is 56.9 Å². The van der Waals surface area contributed by atoms with Crippen LogP contribution in [0.4, 0.5) is 11.4 Å². The van der Waals surface area contributed by atoms with E-state index in [1.165, 1.54) is 23.9 Å². The topological polar surface area (TPSA) is 311 Å². The van der Waals surface area contributed by atoms with Crippen LogP contribution in [0.15, 0.2) is 124 Å². The number of nitrogens with two attached hydrogens (primary N) is 1. The number of hydrogen-bond acceptors (Lipinski definition) is 16. The Hall–Kier alpha value is -6.45. The van der Waals surface area contributed by atoms with Crippen molar-refractivity contribution in [1.82, 2.24) is 20.5 Å². The predicted molar refractivity (Wildman–Crippen MR) is 278 cm³/mol. The third-order valence-corrected chi connectivity index (χ3v) is 16.3. The van der Waals surface area contributed by atoms with Crippen LogP contribution in [0.5, 0.6) is 0 Å². The minimum Gasteiger partial charge on any atom is -0.348 e. The van der Waals surface area contributed by atoms with Gasteiger partial charge in [0.15, 0.2) is 11.5 Å². The van der Waals surface area contributed by atoms with Gasteiger partial charge in [0.1, 0.15) is 11.6 Å². The number of nitrogens with zero attached hydrogens (tertiary/aromatic N) is 5. The van der Waals surface area contributed by atoms with Crippen LogP contribution in [0.25, 0.3) is 5.57 Å². The van der Waals surface area contributed by atoms with Crippen molar-refractivity contribution in [2.75, 3.05) is 23.7 Å². The molecular formula is C49H54N7O13S5+. The van der Waals surface area contributed by atoms with E-state index in [9.17, 15) is 43.9 Å². The molecule has 0 atom stereocenters. The highest BCUT2D eigenvalue weighted by molar-refractivity contribution is 7.91. The highest BCUT2D eigenvalue weighted by Crippen LogP contribution is 2.49. The van der Waals surface area contributed by atoms with Crippen molar-refractivity contribution in [2.45, 2.75) is 86.9 Å². The fraction of sp³-hybridized carbons (Fsp3) is 0.306. The predicted octanol–water partition coefficient (Wildman–Crippen LogP) is 5.95. The van der Waals surface area contributed by atoms with Gasteiger partial charge in [-0.3, -0.25) is 23.7 Å². The molecule has 25 heteroatoms. The maximum atomic E-state index is 13.5. The zero-order valence-corrected chi connectivity index (χ0v) is 44.9. The molecular weight excluding hydrogens is 1050 g/mol. The van der Waals surface area contributed by atoms with Gasteiger partial charge in [0.2, 0.25) is 10.0 Å². The quantitative estimate of drug-likeness (QED) is 0.0321. The molecule has 2 aliphatic heterocycles. The number of primary sulfonamides is 1. The smallest absolute Gasteiger partial charge is 0.348 e. The zero-order valence-electron chi connectivity index (χ0n) is 40.8. The first-order valence-corrected chi connectivity index (χ1v) is 29.2. The molecule has 0 spiro atoms. The van der Waals surface area contributed by atoms with E-state index in [2.05, 4.69) is 59.1 Å². The van der Waals surface area contributed by atoms with Crippen molar-refractivity contribution in [3.05, 3.63) is 154 Å². The number of aromatic nitrogens is 3. The molecule has 1 amide bonds. The Balaban J connectivity index is 0.00000215. The summed E-state index contributed by atoms with van der Waals surface area (Å²) in [6.07, 6.45) is 11.1. The fourth-order valence-corrected chi connectivity index (χ4v) is 11.2. The lowest BCUT2D eigenvalue weighted by molar-refractivity contribution is -0.438. The number of ketones is 1. The molecule has 5 aromatic rings.